The molecular weight excluding hydrogens is 460 g/mol. The van der Waals surface area contributed by atoms with E-state index in [0.717, 1.165) is 0 Å². The Kier molecular flexibility index (Phi) is 5.78. The minimum absolute atomic E-state index is 0.133. The number of ether oxygens (including phenoxy) is 2. The van der Waals surface area contributed by atoms with E-state index in [9.17, 15) is 19.5 Å². The van der Waals surface area contributed by atoms with Gasteiger partial charge in [-0.15, -0.1) is 0 Å². The van der Waals surface area contributed by atoms with Crippen molar-refractivity contribution in [1.29, 1.82) is 0 Å². The number of cyclic esters (lactones) is 1. The van der Waals surface area contributed by atoms with Crippen molar-refractivity contribution < 1.29 is 29.0 Å². The molecule has 1 spiro atoms. The van der Waals surface area contributed by atoms with E-state index in [-0.39, 0.29) is 38.1 Å². The van der Waals surface area contributed by atoms with Gasteiger partial charge in [-0.2, -0.15) is 0 Å². The molecule has 5 atom stereocenters. The first-order valence-corrected chi connectivity index (χ1v) is 11.9. The van der Waals surface area contributed by atoms with E-state index in [1.54, 1.807) is 42.2 Å². The van der Waals surface area contributed by atoms with E-state index in [1.807, 2.05) is 18.2 Å². The molecule has 4 aliphatic heterocycles. The Balaban J connectivity index is 1.63. The number of benzene rings is 1. The number of esters is 1. The minimum Gasteiger partial charge on any atom is -0.465 e. The number of halogens is 1. The van der Waals surface area contributed by atoms with Gasteiger partial charge in [-0.25, -0.2) is 0 Å². The molecule has 180 valence electrons. The first-order chi connectivity index (χ1) is 16.3. The lowest BCUT2D eigenvalue weighted by Crippen LogP contribution is -2.56. The monoisotopic (exact) mass is 486 g/mol. The lowest BCUT2D eigenvalue weighted by atomic mass is 9.74. The number of aliphatic hydroxyl groups excluding tert-OH is 1. The van der Waals surface area contributed by atoms with E-state index in [2.05, 4.69) is 0 Å². The van der Waals surface area contributed by atoms with Crippen molar-refractivity contribution in [2.24, 2.45) is 11.8 Å². The maximum absolute atomic E-state index is 14.1. The molecule has 2 amide bonds. The van der Waals surface area contributed by atoms with Crippen LogP contribution in [0.1, 0.15) is 19.8 Å². The quantitative estimate of drug-likeness (QED) is 0.517. The van der Waals surface area contributed by atoms with Crippen LogP contribution in [0.3, 0.4) is 0 Å². The van der Waals surface area contributed by atoms with Crippen LogP contribution in [0.15, 0.2) is 48.6 Å². The zero-order chi connectivity index (χ0) is 24.1. The van der Waals surface area contributed by atoms with Crippen molar-refractivity contribution in [3.63, 3.8) is 0 Å². The summed E-state index contributed by atoms with van der Waals surface area (Å²) in [6, 6.07) is 5.93. The number of carbonyl (C=O) groups is 3. The second-order valence-corrected chi connectivity index (χ2v) is 9.73. The van der Waals surface area contributed by atoms with E-state index < -0.39 is 35.0 Å². The second-order valence-electron chi connectivity index (χ2n) is 9.29. The maximum Gasteiger partial charge on any atom is 0.313 e. The average molecular weight is 487 g/mol. The van der Waals surface area contributed by atoms with Crippen molar-refractivity contribution in [3.8, 4) is 0 Å². The normalized spacial score (nSPS) is 34.8. The van der Waals surface area contributed by atoms with Gasteiger partial charge in [-0.3, -0.25) is 14.4 Å². The molecule has 9 heteroatoms. The summed E-state index contributed by atoms with van der Waals surface area (Å²) in [5.41, 5.74) is -1.79. The molecule has 0 radical (unpaired) electrons. The summed E-state index contributed by atoms with van der Waals surface area (Å²) in [5, 5.41) is 10.0. The third-order valence-electron chi connectivity index (χ3n) is 7.22. The second kappa shape index (κ2) is 8.52. The standard InChI is InChI=1S/C25H27ClN2O6/c1-24-10-2-3-15-33-23(32)19(24)18-21(30)28(13-5-14-29)20-22(31)27(12-4-11-25(18,20)34-24)17-8-6-16(26)7-9-17/h2,4,6-11,18-20,29H,3,5,12-15H2,1H3/t18-,19+,20?,24-,25-/m0/s1. The number of carbonyl (C=O) groups excluding carboxylic acids is 3. The van der Waals surface area contributed by atoms with Crippen LogP contribution in [0, 0.1) is 11.8 Å². The molecule has 4 heterocycles. The number of aliphatic hydroxyl groups is 1. The molecule has 34 heavy (non-hydrogen) atoms. The van der Waals surface area contributed by atoms with Crippen LogP contribution in [0.25, 0.3) is 0 Å². The summed E-state index contributed by atoms with van der Waals surface area (Å²) in [7, 11) is 0. The Morgan fingerprint density at radius 3 is 2.59 bits per heavy atom. The Morgan fingerprint density at radius 2 is 1.85 bits per heavy atom. The molecule has 2 fully saturated rings. The van der Waals surface area contributed by atoms with Crippen LogP contribution in [-0.2, 0) is 23.9 Å². The fraction of sp³-hybridized carbons (Fsp3) is 0.480. The van der Waals surface area contributed by atoms with Crippen molar-refractivity contribution in [1.82, 2.24) is 4.90 Å². The van der Waals surface area contributed by atoms with Crippen LogP contribution in [0.5, 0.6) is 0 Å². The predicted molar refractivity (Wildman–Crippen MR) is 124 cm³/mol. The molecular formula is C25H27ClN2O6. The zero-order valence-electron chi connectivity index (χ0n) is 18.9. The average Bonchev–Trinajstić information content (AvgIpc) is 3.12. The molecule has 1 aromatic rings. The molecule has 0 saturated carbocycles. The molecule has 1 aromatic carbocycles. The van der Waals surface area contributed by atoms with Crippen LogP contribution in [-0.4, -0.2) is 71.3 Å². The lowest BCUT2D eigenvalue weighted by molar-refractivity contribution is -0.159. The topological polar surface area (TPSA) is 96.4 Å². The van der Waals surface area contributed by atoms with Crippen molar-refractivity contribution in [2.45, 2.75) is 37.0 Å². The number of nitrogens with zero attached hydrogens (tertiary/aromatic N) is 2. The van der Waals surface area contributed by atoms with Crippen molar-refractivity contribution >= 4 is 35.1 Å². The SMILES string of the molecule is C[C@]12C=CCCOC(=O)[C@H]1[C@H]1C(=O)N(CCCO)C3C(=O)N(c4ccc(Cl)cc4)CC=C[C@@]31O2. The van der Waals surface area contributed by atoms with Crippen LogP contribution in [0.2, 0.25) is 5.02 Å². The van der Waals surface area contributed by atoms with Gasteiger partial charge >= 0.3 is 5.97 Å². The molecule has 0 aromatic heterocycles. The van der Waals surface area contributed by atoms with Crippen LogP contribution in [0.4, 0.5) is 5.69 Å². The summed E-state index contributed by atoms with van der Waals surface area (Å²) in [6.07, 6.45) is 8.17. The highest BCUT2D eigenvalue weighted by Gasteiger charge is 2.74. The lowest BCUT2D eigenvalue weighted by Gasteiger charge is -2.37. The van der Waals surface area contributed by atoms with Crippen molar-refractivity contribution in [2.75, 3.05) is 31.2 Å². The number of likely N-dealkylation sites (tertiary alicyclic amines) is 1. The third kappa shape index (κ3) is 3.39. The molecule has 0 bridgehead atoms. The van der Waals surface area contributed by atoms with Gasteiger partial charge in [0.25, 0.3) is 5.91 Å². The largest absolute Gasteiger partial charge is 0.465 e. The molecule has 2 saturated heterocycles. The fourth-order valence-electron chi connectivity index (χ4n) is 5.82. The number of hydrogen-bond acceptors (Lipinski definition) is 6. The van der Waals surface area contributed by atoms with Gasteiger partial charge in [0.15, 0.2) is 0 Å². The number of anilines is 1. The Hall–Kier alpha value is -2.68. The van der Waals surface area contributed by atoms with Gasteiger partial charge in [0.05, 0.1) is 18.1 Å². The first kappa shape index (κ1) is 23.1. The maximum atomic E-state index is 14.1. The smallest absolute Gasteiger partial charge is 0.313 e. The molecule has 5 rings (SSSR count). The number of fused-ring (bicyclic) bond motifs is 2. The van der Waals surface area contributed by atoms with E-state index >= 15 is 0 Å². The summed E-state index contributed by atoms with van der Waals surface area (Å²) < 4.78 is 12.1. The van der Waals surface area contributed by atoms with Gasteiger partial charge in [0.2, 0.25) is 5.91 Å². The van der Waals surface area contributed by atoms with Crippen LogP contribution >= 0.6 is 11.6 Å². The molecule has 4 aliphatic rings. The summed E-state index contributed by atoms with van der Waals surface area (Å²) in [4.78, 5) is 44.1. The van der Waals surface area contributed by atoms with Gasteiger partial charge < -0.3 is 24.4 Å². The van der Waals surface area contributed by atoms with Gasteiger partial charge in [-0.1, -0.05) is 35.9 Å². The first-order valence-electron chi connectivity index (χ1n) is 11.5. The Morgan fingerprint density at radius 1 is 1.09 bits per heavy atom. The number of hydrogen-bond donors (Lipinski definition) is 1. The van der Waals surface area contributed by atoms with Gasteiger partial charge in [0.1, 0.15) is 17.6 Å². The summed E-state index contributed by atoms with van der Waals surface area (Å²) >= 11 is 6.04. The van der Waals surface area contributed by atoms with Crippen molar-refractivity contribution in [3.05, 3.63) is 53.6 Å². The molecule has 1 N–H and O–H groups in total. The number of amides is 2. The van der Waals surface area contributed by atoms with Gasteiger partial charge in [-0.05, 0) is 44.0 Å². The third-order valence-corrected chi connectivity index (χ3v) is 7.47. The zero-order valence-corrected chi connectivity index (χ0v) is 19.6. The number of rotatable bonds is 4. The van der Waals surface area contributed by atoms with E-state index in [1.165, 1.54) is 4.90 Å². The molecule has 8 nitrogen and oxygen atoms in total. The highest BCUT2D eigenvalue weighted by atomic mass is 35.5. The van der Waals surface area contributed by atoms with Crippen LogP contribution < -0.4 is 4.90 Å². The minimum atomic E-state index is -1.34. The Bertz CT molecular complexity index is 1070. The van der Waals surface area contributed by atoms with E-state index in [4.69, 9.17) is 21.1 Å². The highest BCUT2D eigenvalue weighted by Crippen LogP contribution is 2.57. The summed E-state index contributed by atoms with van der Waals surface area (Å²) in [5.74, 6) is -2.95. The Labute approximate surface area is 202 Å². The summed E-state index contributed by atoms with van der Waals surface area (Å²) in [6.45, 7) is 2.32. The molecule has 0 aliphatic carbocycles. The highest BCUT2D eigenvalue weighted by molar-refractivity contribution is 6.30. The van der Waals surface area contributed by atoms with Gasteiger partial charge in [0, 0.05) is 30.4 Å². The fourth-order valence-corrected chi connectivity index (χ4v) is 5.95. The van der Waals surface area contributed by atoms with E-state index in [0.29, 0.717) is 23.6 Å². The molecule has 1 unspecified atom stereocenters. The predicted octanol–water partition coefficient (Wildman–Crippen LogP) is 2.10.